The van der Waals surface area contributed by atoms with E-state index in [4.69, 9.17) is 23.7 Å². The van der Waals surface area contributed by atoms with Gasteiger partial charge in [0.1, 0.15) is 12.7 Å². The summed E-state index contributed by atoms with van der Waals surface area (Å²) < 4.78 is 27.6. The molecule has 0 saturated heterocycles. The van der Waals surface area contributed by atoms with Crippen molar-refractivity contribution >= 4 is 41.8 Å². The highest BCUT2D eigenvalue weighted by molar-refractivity contribution is 6.12. The summed E-state index contributed by atoms with van der Waals surface area (Å²) in [5, 5.41) is 176. The normalized spacial score (nSPS) is 23.2. The maximum Gasteiger partial charge on any atom is 0.339 e. The van der Waals surface area contributed by atoms with Gasteiger partial charge in [0.25, 0.3) is 0 Å². The second-order valence-corrected chi connectivity index (χ2v) is 15.6. The molecular weight excluding hydrogens is 940 g/mol. The van der Waals surface area contributed by atoms with Gasteiger partial charge in [-0.2, -0.15) is 0 Å². The minimum Gasteiger partial charge on any atom is -0.504 e. The number of carbonyl (C=O) groups excluding carboxylic acids is 5. The van der Waals surface area contributed by atoms with Gasteiger partial charge in [0.2, 0.25) is 23.0 Å². The number of carboxylic acid groups (broad SMARTS) is 2. The lowest BCUT2D eigenvalue weighted by Gasteiger charge is -2.40. The molecule has 5 aliphatic heterocycles. The molecule has 28 heteroatoms. The number of phenols is 12. The van der Waals surface area contributed by atoms with Gasteiger partial charge in [-0.3, -0.25) is 9.59 Å². The van der Waals surface area contributed by atoms with Crippen LogP contribution < -0.4 is 0 Å². The third-order valence-corrected chi connectivity index (χ3v) is 11.8. The van der Waals surface area contributed by atoms with Crippen LogP contribution in [0.25, 0.3) is 22.3 Å². The van der Waals surface area contributed by atoms with Crippen molar-refractivity contribution in [3.05, 3.63) is 45.5 Å². The van der Waals surface area contributed by atoms with Gasteiger partial charge in [-0.1, -0.05) is 0 Å². The van der Waals surface area contributed by atoms with E-state index in [-0.39, 0.29) is 6.07 Å². The smallest absolute Gasteiger partial charge is 0.339 e. The van der Waals surface area contributed by atoms with Crippen LogP contribution in [0.4, 0.5) is 0 Å². The average molecular weight is 971 g/mol. The van der Waals surface area contributed by atoms with E-state index < -0.39 is 228 Å². The molecule has 5 heterocycles. The molecule has 6 bridgehead atoms. The number of aliphatic hydroxyl groups excluding tert-OH is 2. The number of hydrogen-bond acceptors (Lipinski definition) is 26. The Morgan fingerprint density at radius 3 is 1.48 bits per heavy atom. The third kappa shape index (κ3) is 6.71. The number of esters is 5. The van der Waals surface area contributed by atoms with Crippen LogP contribution >= 0.6 is 0 Å². The van der Waals surface area contributed by atoms with Crippen LogP contribution in [0.5, 0.6) is 69.0 Å². The van der Waals surface area contributed by atoms with E-state index in [9.17, 15) is 110 Å². The predicted molar refractivity (Wildman–Crippen MR) is 209 cm³/mol. The first-order valence-electron chi connectivity index (χ1n) is 19.3. The van der Waals surface area contributed by atoms with Crippen molar-refractivity contribution in [2.24, 2.45) is 5.92 Å². The Hall–Kier alpha value is -9.31. The number of fused-ring (bicyclic) bond motifs is 5. The van der Waals surface area contributed by atoms with Gasteiger partial charge in [0, 0.05) is 39.3 Å². The highest BCUT2D eigenvalue weighted by Gasteiger charge is 2.57. The van der Waals surface area contributed by atoms with Crippen LogP contribution in [-0.4, -0.2) is 161 Å². The molecule has 0 spiro atoms. The number of benzene rings is 4. The molecule has 69 heavy (non-hydrogen) atoms. The lowest BCUT2D eigenvalue weighted by molar-refractivity contribution is -0.184. The molecule has 9 rings (SSSR count). The number of hydrogen-bond donors (Lipinski definition) is 16. The van der Waals surface area contributed by atoms with Crippen LogP contribution in [0.15, 0.2) is 12.1 Å². The van der Waals surface area contributed by atoms with E-state index >= 15 is 4.79 Å². The van der Waals surface area contributed by atoms with Gasteiger partial charge in [-0.25, -0.2) is 24.0 Å². The van der Waals surface area contributed by atoms with E-state index in [0.717, 1.165) is 0 Å². The molecule has 0 saturated carbocycles. The summed E-state index contributed by atoms with van der Waals surface area (Å²) in [6.07, 6.45) is -18.9. The number of aromatic hydroxyl groups is 12. The lowest BCUT2D eigenvalue weighted by Crippen LogP contribution is -2.56. The fourth-order valence-corrected chi connectivity index (χ4v) is 8.75. The second-order valence-electron chi connectivity index (χ2n) is 15.6. The van der Waals surface area contributed by atoms with Gasteiger partial charge >= 0.3 is 41.8 Å². The Morgan fingerprint density at radius 2 is 0.971 bits per heavy atom. The summed E-state index contributed by atoms with van der Waals surface area (Å²) in [6.45, 7) is -1.62. The van der Waals surface area contributed by atoms with Crippen molar-refractivity contribution in [2.75, 3.05) is 6.61 Å². The Labute approximate surface area is 378 Å². The Balaban J connectivity index is 1.54. The van der Waals surface area contributed by atoms with Gasteiger partial charge in [0.05, 0.1) is 34.6 Å². The van der Waals surface area contributed by atoms with Crippen LogP contribution in [0.3, 0.4) is 0 Å². The van der Waals surface area contributed by atoms with Gasteiger partial charge in [0.15, 0.2) is 76.5 Å². The fraction of sp³-hybridized carbons (Fsp3) is 0.244. The van der Waals surface area contributed by atoms with Crippen molar-refractivity contribution in [1.29, 1.82) is 0 Å². The molecule has 362 valence electrons. The third-order valence-electron chi connectivity index (χ3n) is 11.8. The number of phenolic OH excluding ortho intramolecular Hbond substituents is 12. The van der Waals surface area contributed by atoms with Gasteiger partial charge < -0.3 is 105 Å². The summed E-state index contributed by atoms with van der Waals surface area (Å²) in [4.78, 5) is 97.7. The molecule has 0 aromatic heterocycles. The second kappa shape index (κ2) is 15.9. The number of aliphatic hydroxyl groups is 2. The van der Waals surface area contributed by atoms with E-state index in [0.29, 0.717) is 6.07 Å². The largest absolute Gasteiger partial charge is 0.504 e. The maximum atomic E-state index is 15.0. The minimum absolute atomic E-state index is 0.288. The highest BCUT2D eigenvalue weighted by Crippen LogP contribution is 2.60. The van der Waals surface area contributed by atoms with Crippen LogP contribution in [0.2, 0.25) is 0 Å². The number of ether oxygens (including phenoxy) is 5. The monoisotopic (exact) mass is 970 g/mol. The molecule has 4 aromatic carbocycles. The zero-order valence-electron chi connectivity index (χ0n) is 33.7. The molecule has 0 fully saturated rings. The average Bonchev–Trinajstić information content (AvgIpc) is 3.31. The van der Waals surface area contributed by atoms with E-state index in [1.54, 1.807) is 0 Å². The predicted octanol–water partition coefficient (Wildman–Crippen LogP) is -0.459. The Kier molecular flexibility index (Phi) is 10.7. The summed E-state index contributed by atoms with van der Waals surface area (Å²) >= 11 is 0. The summed E-state index contributed by atoms with van der Waals surface area (Å²) in [5.74, 6) is -39.2. The molecule has 0 amide bonds. The van der Waals surface area contributed by atoms with Crippen LogP contribution in [0.1, 0.15) is 71.0 Å². The highest BCUT2D eigenvalue weighted by atomic mass is 16.6. The Morgan fingerprint density at radius 1 is 0.522 bits per heavy atom. The molecule has 8 atom stereocenters. The molecule has 16 N–H and O–H groups in total. The summed E-state index contributed by atoms with van der Waals surface area (Å²) in [7, 11) is 0. The SMILES string of the molecule is O=C(O)C[C@H]1C(=O)O[C@@H]2COC(=O)c3cc(O)c(O)c(O)c3-c3c(cc(O)c(O)c3O)C(=O)O[C@H]2[C@@H]2OC(=O)c3c(c(O)c(O)c(O)c3[C@H]1[C@H](O)C(=O)O)-c1c(O)c(O)c(O)c3c1C(=O)O[C@H]2[C@@H]3O. The lowest BCUT2D eigenvalue weighted by atomic mass is 9.74. The van der Waals surface area contributed by atoms with Crippen molar-refractivity contribution in [1.82, 2.24) is 0 Å². The topological polar surface area (TPSA) is 489 Å². The first-order valence-corrected chi connectivity index (χ1v) is 19.3. The maximum absolute atomic E-state index is 15.0. The van der Waals surface area contributed by atoms with E-state index in [1.165, 1.54) is 0 Å². The van der Waals surface area contributed by atoms with Gasteiger partial charge in [-0.15, -0.1) is 0 Å². The van der Waals surface area contributed by atoms with E-state index in [2.05, 4.69) is 0 Å². The standard InChI is InChI=1S/C41H30O28/c42-8-1-5-12(23(48)21(8)46)13-6(2-9(43)22(47)24(13)49)39(62)67-33-10(4-65-37(5)60)66-38(61)7(3-11(44)45)14(30(55)36(58)59)15-18-16(26(51)31(56)25(15)50)17-19-20(28(53)32(57)27(17)52)29(54)34(68-41(19)64)35(33)69-40(18)63/h1-2,7,10,14,29-30,33-35,42-43,46-57H,3-4H2,(H,44,45)(H,58,59)/t7-,10-,14+,29-,30+,33-,34+,35+/m1/s1. The van der Waals surface area contributed by atoms with Gasteiger partial charge in [-0.05, 0) is 12.1 Å². The molecule has 0 aliphatic carbocycles. The molecule has 5 aliphatic rings. The Bertz CT molecular complexity index is 3040. The van der Waals surface area contributed by atoms with Crippen molar-refractivity contribution in [3.63, 3.8) is 0 Å². The number of aliphatic carboxylic acids is 2. The zero-order valence-corrected chi connectivity index (χ0v) is 33.7. The summed E-state index contributed by atoms with van der Waals surface area (Å²) in [6, 6.07) is 0.653. The van der Waals surface area contributed by atoms with Crippen molar-refractivity contribution in [3.8, 4) is 91.2 Å². The van der Waals surface area contributed by atoms with Crippen molar-refractivity contribution in [2.45, 2.75) is 49.0 Å². The van der Waals surface area contributed by atoms with Crippen molar-refractivity contribution < 1.29 is 139 Å². The fourth-order valence-electron chi connectivity index (χ4n) is 8.75. The first kappa shape index (κ1) is 46.2. The zero-order chi connectivity index (χ0) is 50.7. The first-order chi connectivity index (χ1) is 32.3. The molecular formula is C41H30O28. The quantitative estimate of drug-likeness (QED) is 0.0699. The van der Waals surface area contributed by atoms with Crippen LogP contribution in [0, 0.1) is 5.92 Å². The number of rotatable bonds is 4. The number of carboxylic acids is 2. The molecule has 4 aromatic rings. The summed E-state index contributed by atoms with van der Waals surface area (Å²) in [5.41, 5.74) is -13.3. The molecule has 0 radical (unpaired) electrons. The van der Waals surface area contributed by atoms with Crippen LogP contribution in [-0.2, 0) is 38.1 Å². The molecule has 28 nitrogen and oxygen atoms in total. The minimum atomic E-state index is -3.22. The number of cyclic esters (lactones) is 1. The molecule has 0 unspecified atom stereocenters. The van der Waals surface area contributed by atoms with E-state index in [1.807, 2.05) is 0 Å². The number of carbonyl (C=O) groups is 7.